The van der Waals surface area contributed by atoms with Gasteiger partial charge in [-0.15, -0.1) is 0 Å². The number of nitrogens with one attached hydrogen (secondary N) is 1. The number of hydrogen-bond donors (Lipinski definition) is 2. The van der Waals surface area contributed by atoms with Gasteiger partial charge in [0.15, 0.2) is 0 Å². The smallest absolute Gasteiger partial charge is 0.456 e. The third-order valence-corrected chi connectivity index (χ3v) is 12.0. The fraction of sp³-hybridized carbons (Fsp3) is 0.709. The van der Waals surface area contributed by atoms with Gasteiger partial charge in [0, 0.05) is 12.8 Å². The summed E-state index contributed by atoms with van der Waals surface area (Å²) in [5.74, 6) is -0.563. The topological polar surface area (TPSA) is 111 Å². The van der Waals surface area contributed by atoms with E-state index < -0.39 is 20.0 Å². The van der Waals surface area contributed by atoms with Gasteiger partial charge in [0.2, 0.25) is 5.91 Å². The number of likely N-dealkylation sites (N-methyl/N-ethyl adjacent to an activating group) is 1. The Kier molecular flexibility index (Phi) is 43.1. The second kappa shape index (κ2) is 45.0. The van der Waals surface area contributed by atoms with E-state index in [1.807, 2.05) is 94.1 Å². The average molecular weight is 930 g/mol. The van der Waals surface area contributed by atoms with Gasteiger partial charge in [0.1, 0.15) is 19.3 Å². The molecule has 0 heterocycles. The molecule has 1 amide bonds. The van der Waals surface area contributed by atoms with E-state index in [1.165, 1.54) is 96.3 Å². The molecular weight excluding hydrogens is 832 g/mol. The number of phosphoric ester groups is 1. The fourth-order valence-electron chi connectivity index (χ4n) is 6.97. The average Bonchev–Trinajstić information content (AvgIpc) is 3.26. The molecule has 0 saturated heterocycles. The molecule has 0 bridgehead atoms. The van der Waals surface area contributed by atoms with Crippen molar-refractivity contribution < 1.29 is 37.3 Å². The highest BCUT2D eigenvalue weighted by Gasteiger charge is 2.30. The zero-order valence-electron chi connectivity index (χ0n) is 42.4. The molecule has 3 unspecified atom stereocenters. The molecular formula is C55H98N2O7P+. The van der Waals surface area contributed by atoms with Gasteiger partial charge in [-0.2, -0.15) is 0 Å². The molecule has 0 aliphatic rings. The van der Waals surface area contributed by atoms with E-state index in [0.717, 1.165) is 64.2 Å². The largest absolute Gasteiger partial charge is 0.472 e. The number of rotatable bonds is 45. The number of carbonyl (C=O) groups excluding carboxylic acids is 2. The molecule has 65 heavy (non-hydrogen) atoms. The van der Waals surface area contributed by atoms with Crippen molar-refractivity contribution in [3.63, 3.8) is 0 Å². The first-order valence-electron chi connectivity index (χ1n) is 26.0. The number of esters is 1. The maximum atomic E-state index is 13.4. The van der Waals surface area contributed by atoms with Gasteiger partial charge in [0.25, 0.3) is 0 Å². The lowest BCUT2D eigenvalue weighted by Crippen LogP contribution is -2.47. The predicted molar refractivity (Wildman–Crippen MR) is 277 cm³/mol. The fourth-order valence-corrected chi connectivity index (χ4v) is 7.71. The van der Waals surface area contributed by atoms with Crippen LogP contribution >= 0.6 is 7.82 Å². The van der Waals surface area contributed by atoms with E-state index in [4.69, 9.17) is 13.8 Å². The molecule has 0 spiro atoms. The summed E-state index contributed by atoms with van der Waals surface area (Å²) in [5.41, 5.74) is 0. The maximum absolute atomic E-state index is 13.4. The molecule has 0 fully saturated rings. The highest BCUT2D eigenvalue weighted by atomic mass is 31.2. The zero-order valence-corrected chi connectivity index (χ0v) is 43.3. The van der Waals surface area contributed by atoms with Gasteiger partial charge in [-0.1, -0.05) is 222 Å². The highest BCUT2D eigenvalue weighted by molar-refractivity contribution is 7.47. The van der Waals surface area contributed by atoms with E-state index in [1.54, 1.807) is 0 Å². The lowest BCUT2D eigenvalue weighted by atomic mass is 10.0. The normalized spacial score (nSPS) is 14.6. The van der Waals surface area contributed by atoms with Crippen molar-refractivity contribution in [2.45, 2.75) is 213 Å². The Morgan fingerprint density at radius 2 is 0.985 bits per heavy atom. The van der Waals surface area contributed by atoms with E-state index in [0.29, 0.717) is 23.9 Å². The molecule has 0 aliphatic heterocycles. The summed E-state index contributed by atoms with van der Waals surface area (Å²) in [5, 5.41) is 3.02. The number of hydrogen-bond acceptors (Lipinski definition) is 6. The van der Waals surface area contributed by atoms with Gasteiger partial charge in [-0.05, 0) is 51.0 Å². The number of nitrogens with zero attached hydrogens (tertiary/aromatic N) is 1. The van der Waals surface area contributed by atoms with Crippen LogP contribution in [0.2, 0.25) is 0 Å². The molecule has 0 aromatic heterocycles. The Morgan fingerprint density at radius 1 is 0.554 bits per heavy atom. The van der Waals surface area contributed by atoms with Crippen LogP contribution in [0.15, 0.2) is 85.1 Å². The predicted octanol–water partition coefficient (Wildman–Crippen LogP) is 15.1. The summed E-state index contributed by atoms with van der Waals surface area (Å²) in [6, 6.07) is -0.866. The minimum Gasteiger partial charge on any atom is -0.456 e. The Labute approximate surface area is 399 Å². The lowest BCUT2D eigenvalue weighted by molar-refractivity contribution is -0.870. The highest BCUT2D eigenvalue weighted by Crippen LogP contribution is 2.43. The number of amides is 1. The van der Waals surface area contributed by atoms with Crippen LogP contribution in [-0.2, 0) is 27.9 Å². The first kappa shape index (κ1) is 62.2. The summed E-state index contributed by atoms with van der Waals surface area (Å²) >= 11 is 0. The monoisotopic (exact) mass is 930 g/mol. The molecule has 10 heteroatoms. The number of quaternary nitrogens is 1. The van der Waals surface area contributed by atoms with Crippen LogP contribution in [-0.4, -0.2) is 74.3 Å². The summed E-state index contributed by atoms with van der Waals surface area (Å²) < 4.78 is 30.4. The van der Waals surface area contributed by atoms with E-state index in [-0.39, 0.29) is 31.5 Å². The van der Waals surface area contributed by atoms with Crippen molar-refractivity contribution in [3.05, 3.63) is 85.1 Å². The van der Waals surface area contributed by atoms with Crippen LogP contribution in [0.1, 0.15) is 201 Å². The minimum absolute atomic E-state index is 0.0296. The van der Waals surface area contributed by atoms with E-state index >= 15 is 0 Å². The number of allylic oxidation sites excluding steroid dienone is 13. The molecule has 0 radical (unpaired) electrons. The molecule has 0 saturated carbocycles. The Hall–Kier alpha value is -2.81. The van der Waals surface area contributed by atoms with E-state index in [9.17, 15) is 19.0 Å². The van der Waals surface area contributed by atoms with Crippen LogP contribution in [0.25, 0.3) is 0 Å². The molecule has 9 nitrogen and oxygen atoms in total. The van der Waals surface area contributed by atoms with Crippen LogP contribution in [0, 0.1) is 0 Å². The number of unbranched alkanes of at least 4 members (excludes halogenated alkanes) is 22. The SMILES string of the molecule is CC\C=C/C=C/C=C/C=C\C=C\C=C\CCCCCC(=O)OC(/C=C/CCCCCCCCCCC)C(COP(=O)(O)OCC[N+](C)(C)C)NC(=O)CCCCCCCCCCCCC. The molecule has 374 valence electrons. The van der Waals surface area contributed by atoms with Gasteiger partial charge in [0.05, 0.1) is 33.8 Å². The summed E-state index contributed by atoms with van der Waals surface area (Å²) in [7, 11) is 1.46. The van der Waals surface area contributed by atoms with Crippen molar-refractivity contribution in [2.24, 2.45) is 0 Å². The summed E-state index contributed by atoms with van der Waals surface area (Å²) in [6.45, 7) is 6.79. The van der Waals surface area contributed by atoms with Crippen molar-refractivity contribution in [1.29, 1.82) is 0 Å². The molecule has 0 rings (SSSR count). The summed E-state index contributed by atoms with van der Waals surface area (Å²) in [4.78, 5) is 37.4. The Bertz CT molecular complexity index is 1390. The lowest BCUT2D eigenvalue weighted by Gasteiger charge is -2.27. The van der Waals surface area contributed by atoms with Gasteiger partial charge in [-0.3, -0.25) is 18.6 Å². The standard InChI is InChI=1S/C55H97N2O7P/c1-7-10-13-16-19-22-25-26-27-28-29-30-33-36-39-42-45-48-55(59)64-53(46-43-40-37-34-31-23-20-17-14-11-8-2)52(51-63-65(60,61)62-50-49-57(4,5)6)56-54(58)47-44-41-38-35-32-24-21-18-15-12-9-3/h10,13,16,19,22,25-30,33,43,46,52-53H,7-9,11-12,14-15,17-18,20-21,23-24,31-32,34-42,44-45,47-51H2,1-6H3,(H-,56,58,60,61)/p+1/b13-10-,19-16+,25-22+,27-26-,29-28+,33-30+,46-43+. The number of ether oxygens (including phenoxy) is 1. The van der Waals surface area contributed by atoms with Crippen LogP contribution < -0.4 is 5.32 Å². The quantitative estimate of drug-likeness (QED) is 0.0156. The number of carbonyl (C=O) groups is 2. The zero-order chi connectivity index (χ0) is 48.0. The first-order valence-corrected chi connectivity index (χ1v) is 27.5. The molecule has 0 aromatic carbocycles. The minimum atomic E-state index is -4.45. The van der Waals surface area contributed by atoms with Crippen molar-refractivity contribution in [1.82, 2.24) is 5.32 Å². The van der Waals surface area contributed by atoms with Crippen molar-refractivity contribution >= 4 is 19.7 Å². The van der Waals surface area contributed by atoms with Gasteiger partial charge >= 0.3 is 13.8 Å². The summed E-state index contributed by atoms with van der Waals surface area (Å²) in [6.07, 6.45) is 57.2. The van der Waals surface area contributed by atoms with Crippen LogP contribution in [0.5, 0.6) is 0 Å². The molecule has 0 aromatic rings. The maximum Gasteiger partial charge on any atom is 0.472 e. The second-order valence-electron chi connectivity index (χ2n) is 18.5. The third-order valence-electron chi connectivity index (χ3n) is 11.0. The third kappa shape index (κ3) is 46.1. The van der Waals surface area contributed by atoms with Crippen molar-refractivity contribution in [3.8, 4) is 0 Å². The van der Waals surface area contributed by atoms with Gasteiger partial charge < -0.3 is 19.4 Å². The molecule has 0 aliphatic carbocycles. The Morgan fingerprint density at radius 3 is 1.49 bits per heavy atom. The van der Waals surface area contributed by atoms with E-state index in [2.05, 4.69) is 38.2 Å². The molecule has 2 N–H and O–H groups in total. The second-order valence-corrected chi connectivity index (χ2v) is 19.9. The van der Waals surface area contributed by atoms with Crippen LogP contribution in [0.4, 0.5) is 0 Å². The van der Waals surface area contributed by atoms with Crippen LogP contribution in [0.3, 0.4) is 0 Å². The van der Waals surface area contributed by atoms with Crippen molar-refractivity contribution in [2.75, 3.05) is 40.9 Å². The number of phosphoric acid groups is 1. The first-order chi connectivity index (χ1) is 31.4. The Balaban J connectivity index is 5.50. The molecule has 3 atom stereocenters. The van der Waals surface area contributed by atoms with Gasteiger partial charge in [-0.25, -0.2) is 4.57 Å².